The van der Waals surface area contributed by atoms with E-state index in [-0.39, 0.29) is 18.0 Å². The molecule has 5 nitrogen and oxygen atoms in total. The van der Waals surface area contributed by atoms with Crippen molar-refractivity contribution in [2.24, 2.45) is 17.8 Å². The van der Waals surface area contributed by atoms with E-state index >= 15 is 0 Å². The number of ketones is 1. The van der Waals surface area contributed by atoms with Gasteiger partial charge in [-0.05, 0) is 57.8 Å². The van der Waals surface area contributed by atoms with Crippen molar-refractivity contribution in [3.63, 3.8) is 0 Å². The monoisotopic (exact) mass is 590 g/mol. The molecule has 0 amide bonds. The fourth-order valence-electron chi connectivity index (χ4n) is 5.38. The summed E-state index contributed by atoms with van der Waals surface area (Å²) in [4.78, 5) is 24.5. The molecule has 1 saturated carbocycles. The Morgan fingerprint density at radius 2 is 1.85 bits per heavy atom. The van der Waals surface area contributed by atoms with E-state index in [1.54, 1.807) is 0 Å². The fourth-order valence-corrected chi connectivity index (χ4v) is 6.35. The number of Topliss-reactive ketones (excluding diaryl/α,β-unsaturated/α-hetero) is 1. The number of carbonyl (C=O) groups excluding carboxylic acids is 2. The van der Waals surface area contributed by atoms with Crippen LogP contribution in [-0.2, 0) is 23.8 Å². The smallest absolute Gasteiger partial charge is 0.306 e. The highest BCUT2D eigenvalue weighted by Crippen LogP contribution is 2.43. The molecule has 1 aliphatic carbocycles. The SMILES string of the molecule is CCCCCCCC1(CCC2C(CI)CC(=O)C2C/C=C/CCCC(=O)OC(C)C)OCCO1. The van der Waals surface area contributed by atoms with Crippen LogP contribution in [0, 0.1) is 17.8 Å². The van der Waals surface area contributed by atoms with Gasteiger partial charge in [0.05, 0.1) is 19.3 Å². The number of alkyl halides is 1. The molecule has 0 aromatic rings. The summed E-state index contributed by atoms with van der Waals surface area (Å²) in [5.41, 5.74) is 0. The average Bonchev–Trinajstić information content (AvgIpc) is 3.38. The van der Waals surface area contributed by atoms with Crippen molar-refractivity contribution in [2.75, 3.05) is 17.6 Å². The summed E-state index contributed by atoms with van der Waals surface area (Å²) >= 11 is 2.45. The van der Waals surface area contributed by atoms with Crippen molar-refractivity contribution in [2.45, 2.75) is 116 Å². The van der Waals surface area contributed by atoms with Gasteiger partial charge in [0.2, 0.25) is 0 Å². The van der Waals surface area contributed by atoms with Crippen LogP contribution < -0.4 is 0 Å². The molecular formula is C28H47IO5. The van der Waals surface area contributed by atoms with Gasteiger partial charge in [-0.2, -0.15) is 0 Å². The van der Waals surface area contributed by atoms with E-state index in [2.05, 4.69) is 41.7 Å². The second-order valence-electron chi connectivity index (χ2n) is 10.3. The number of hydrogen-bond acceptors (Lipinski definition) is 5. The van der Waals surface area contributed by atoms with Crippen LogP contribution in [0.1, 0.15) is 104 Å². The zero-order valence-electron chi connectivity index (χ0n) is 21.7. The average molecular weight is 591 g/mol. The quantitative estimate of drug-likeness (QED) is 0.0590. The third kappa shape index (κ3) is 10.3. The van der Waals surface area contributed by atoms with Crippen LogP contribution in [0.15, 0.2) is 12.2 Å². The lowest BCUT2D eigenvalue weighted by Gasteiger charge is -2.31. The second kappa shape index (κ2) is 16.3. The second-order valence-corrected chi connectivity index (χ2v) is 11.2. The summed E-state index contributed by atoms with van der Waals surface area (Å²) in [6, 6.07) is 0. The van der Waals surface area contributed by atoms with Crippen molar-refractivity contribution in [1.29, 1.82) is 0 Å². The summed E-state index contributed by atoms with van der Waals surface area (Å²) in [5, 5.41) is 0. The highest BCUT2D eigenvalue weighted by molar-refractivity contribution is 14.1. The zero-order valence-corrected chi connectivity index (χ0v) is 23.9. The van der Waals surface area contributed by atoms with Gasteiger partial charge in [-0.1, -0.05) is 67.3 Å². The first-order chi connectivity index (χ1) is 16.4. The number of hydrogen-bond donors (Lipinski definition) is 0. The lowest BCUT2D eigenvalue weighted by atomic mass is 9.82. The molecule has 0 bridgehead atoms. The molecule has 196 valence electrons. The number of carbonyl (C=O) groups is 2. The molecule has 0 radical (unpaired) electrons. The van der Waals surface area contributed by atoms with Crippen molar-refractivity contribution < 1.29 is 23.8 Å². The summed E-state index contributed by atoms with van der Waals surface area (Å²) in [6.07, 6.45) is 16.9. The molecule has 1 aliphatic heterocycles. The van der Waals surface area contributed by atoms with Crippen molar-refractivity contribution >= 4 is 34.3 Å². The summed E-state index contributed by atoms with van der Waals surface area (Å²) < 4.78 is 18.5. The maximum atomic E-state index is 12.9. The number of unbranched alkanes of at least 4 members (excludes halogenated alkanes) is 5. The third-order valence-electron chi connectivity index (χ3n) is 7.21. The normalized spacial score (nSPS) is 24.5. The van der Waals surface area contributed by atoms with Gasteiger partial charge in [0, 0.05) is 36.0 Å². The minimum atomic E-state index is -0.432. The number of ether oxygens (including phenoxy) is 3. The van der Waals surface area contributed by atoms with E-state index in [1.807, 2.05) is 13.8 Å². The molecule has 0 spiro atoms. The minimum absolute atomic E-state index is 0.0561. The van der Waals surface area contributed by atoms with Gasteiger partial charge in [0.1, 0.15) is 5.78 Å². The molecule has 0 N–H and O–H groups in total. The topological polar surface area (TPSA) is 61.8 Å². The summed E-state index contributed by atoms with van der Waals surface area (Å²) in [7, 11) is 0. The van der Waals surface area contributed by atoms with Gasteiger partial charge in [0.15, 0.2) is 5.79 Å². The molecule has 0 aromatic carbocycles. The largest absolute Gasteiger partial charge is 0.463 e. The van der Waals surface area contributed by atoms with Gasteiger partial charge < -0.3 is 14.2 Å². The van der Waals surface area contributed by atoms with Crippen LogP contribution >= 0.6 is 22.6 Å². The first-order valence-corrected chi connectivity index (χ1v) is 15.1. The van der Waals surface area contributed by atoms with Crippen LogP contribution in [0.4, 0.5) is 0 Å². The molecule has 2 fully saturated rings. The number of halogens is 1. The molecule has 2 rings (SSSR count). The maximum absolute atomic E-state index is 12.9. The van der Waals surface area contributed by atoms with Crippen LogP contribution in [0.25, 0.3) is 0 Å². The Labute approximate surface area is 221 Å². The van der Waals surface area contributed by atoms with Crippen LogP contribution in [0.3, 0.4) is 0 Å². The number of esters is 1. The first-order valence-electron chi connectivity index (χ1n) is 13.6. The third-order valence-corrected chi connectivity index (χ3v) is 8.34. The Morgan fingerprint density at radius 1 is 1.12 bits per heavy atom. The fraction of sp³-hybridized carbons (Fsp3) is 0.857. The summed E-state index contributed by atoms with van der Waals surface area (Å²) in [6.45, 7) is 7.36. The van der Waals surface area contributed by atoms with Gasteiger partial charge in [0.25, 0.3) is 0 Å². The van der Waals surface area contributed by atoms with Crippen LogP contribution in [0.2, 0.25) is 0 Å². The Hall–Kier alpha value is -0.470. The number of rotatable bonds is 17. The molecule has 3 unspecified atom stereocenters. The molecular weight excluding hydrogens is 543 g/mol. The van der Waals surface area contributed by atoms with Gasteiger partial charge in [-0.15, -0.1) is 0 Å². The zero-order chi connectivity index (χ0) is 24.8. The molecule has 1 heterocycles. The molecule has 34 heavy (non-hydrogen) atoms. The van der Waals surface area contributed by atoms with E-state index < -0.39 is 5.79 Å². The lowest BCUT2D eigenvalue weighted by molar-refractivity contribution is -0.171. The van der Waals surface area contributed by atoms with Gasteiger partial charge >= 0.3 is 5.97 Å². The Kier molecular flexibility index (Phi) is 14.3. The highest BCUT2D eigenvalue weighted by atomic mass is 127. The predicted molar refractivity (Wildman–Crippen MR) is 145 cm³/mol. The first kappa shape index (κ1) is 29.8. The Bertz CT molecular complexity index is 626. The van der Waals surface area contributed by atoms with Gasteiger partial charge in [-0.25, -0.2) is 0 Å². The van der Waals surface area contributed by atoms with E-state index in [0.29, 0.717) is 43.7 Å². The molecule has 2 aliphatic rings. The number of allylic oxidation sites excluding steroid dienone is 2. The molecule has 3 atom stereocenters. The molecule has 1 saturated heterocycles. The minimum Gasteiger partial charge on any atom is -0.463 e. The van der Waals surface area contributed by atoms with E-state index in [1.165, 1.54) is 25.7 Å². The standard InChI is InChI=1S/C28H47IO5/c1-4-5-6-9-12-16-28(32-18-19-33-28)17-15-24-23(21-29)20-26(30)25(24)13-10-7-8-11-14-27(31)34-22(2)3/h7,10,22-25H,4-6,8-9,11-21H2,1-3H3/b10-7+. The van der Waals surface area contributed by atoms with Crippen molar-refractivity contribution in [3.8, 4) is 0 Å². The lowest BCUT2D eigenvalue weighted by Crippen LogP contribution is -2.32. The van der Waals surface area contributed by atoms with Crippen LogP contribution in [-0.4, -0.2) is 41.3 Å². The maximum Gasteiger partial charge on any atom is 0.306 e. The van der Waals surface area contributed by atoms with Crippen molar-refractivity contribution in [1.82, 2.24) is 0 Å². The molecule has 6 heteroatoms. The predicted octanol–water partition coefficient (Wildman–Crippen LogP) is 7.19. The highest BCUT2D eigenvalue weighted by Gasteiger charge is 2.43. The van der Waals surface area contributed by atoms with Crippen LogP contribution in [0.5, 0.6) is 0 Å². The van der Waals surface area contributed by atoms with E-state index in [9.17, 15) is 9.59 Å². The van der Waals surface area contributed by atoms with E-state index in [4.69, 9.17) is 14.2 Å². The van der Waals surface area contributed by atoms with E-state index in [0.717, 1.165) is 49.4 Å². The van der Waals surface area contributed by atoms with Gasteiger partial charge in [-0.3, -0.25) is 9.59 Å². The Morgan fingerprint density at radius 3 is 2.53 bits per heavy atom. The Balaban J connectivity index is 1.83. The summed E-state index contributed by atoms with van der Waals surface area (Å²) in [5.74, 6) is 0.817. The molecule has 0 aromatic heterocycles. The van der Waals surface area contributed by atoms with Crippen molar-refractivity contribution in [3.05, 3.63) is 12.2 Å².